The lowest BCUT2D eigenvalue weighted by Gasteiger charge is -2.34. The Kier molecular flexibility index (Phi) is 3.82. The zero-order valence-corrected chi connectivity index (χ0v) is 9.47. The predicted octanol–water partition coefficient (Wildman–Crippen LogP) is 1.86. The lowest BCUT2D eigenvalue weighted by molar-refractivity contribution is 0.167. The third-order valence-corrected chi connectivity index (χ3v) is 3.70. The van der Waals surface area contributed by atoms with Gasteiger partial charge in [0.2, 0.25) is 0 Å². The molecular weight excluding hydrogens is 172 g/mol. The standard InChI is InChI=1S/C12H24N2/c1-11-9-12(5-6-13-11)10-14-7-3-2-4-8-14/h11-13H,2-10H2,1H3. The molecule has 2 heteroatoms. The fourth-order valence-electron chi connectivity index (χ4n) is 2.91. The number of likely N-dealkylation sites (tertiary alicyclic amines) is 1. The largest absolute Gasteiger partial charge is 0.314 e. The molecule has 14 heavy (non-hydrogen) atoms. The highest BCUT2D eigenvalue weighted by Crippen LogP contribution is 2.19. The SMILES string of the molecule is CC1CC(CN2CCCCC2)CCN1. The first-order valence-electron chi connectivity index (χ1n) is 6.30. The van der Waals surface area contributed by atoms with E-state index < -0.39 is 0 Å². The molecular formula is C12H24N2. The van der Waals surface area contributed by atoms with Crippen LogP contribution < -0.4 is 5.32 Å². The Morgan fingerprint density at radius 1 is 1.21 bits per heavy atom. The van der Waals surface area contributed by atoms with Crippen LogP contribution in [0.1, 0.15) is 39.0 Å². The summed E-state index contributed by atoms with van der Waals surface area (Å²) < 4.78 is 0. The summed E-state index contributed by atoms with van der Waals surface area (Å²) in [7, 11) is 0. The molecule has 2 aliphatic rings. The first-order chi connectivity index (χ1) is 6.84. The van der Waals surface area contributed by atoms with Crippen LogP contribution in [0.5, 0.6) is 0 Å². The summed E-state index contributed by atoms with van der Waals surface area (Å²) in [6.07, 6.45) is 7.09. The highest BCUT2D eigenvalue weighted by Gasteiger charge is 2.21. The van der Waals surface area contributed by atoms with Crippen molar-refractivity contribution in [2.24, 2.45) is 5.92 Å². The lowest BCUT2D eigenvalue weighted by Crippen LogP contribution is -2.41. The van der Waals surface area contributed by atoms with Gasteiger partial charge in [0.1, 0.15) is 0 Å². The second-order valence-electron chi connectivity index (χ2n) is 5.11. The first-order valence-corrected chi connectivity index (χ1v) is 6.30. The highest BCUT2D eigenvalue weighted by molar-refractivity contribution is 4.78. The van der Waals surface area contributed by atoms with Crippen LogP contribution in [-0.4, -0.2) is 37.1 Å². The second-order valence-corrected chi connectivity index (χ2v) is 5.11. The van der Waals surface area contributed by atoms with Crippen LogP contribution in [0.4, 0.5) is 0 Å². The van der Waals surface area contributed by atoms with Gasteiger partial charge in [-0.3, -0.25) is 0 Å². The maximum absolute atomic E-state index is 3.53. The molecule has 2 nitrogen and oxygen atoms in total. The summed E-state index contributed by atoms with van der Waals surface area (Å²) in [5, 5.41) is 3.53. The minimum absolute atomic E-state index is 0.749. The monoisotopic (exact) mass is 196 g/mol. The van der Waals surface area contributed by atoms with Gasteiger partial charge in [-0.05, 0) is 58.2 Å². The summed E-state index contributed by atoms with van der Waals surface area (Å²) in [5.74, 6) is 0.962. The summed E-state index contributed by atoms with van der Waals surface area (Å²) >= 11 is 0. The second kappa shape index (κ2) is 5.13. The van der Waals surface area contributed by atoms with Crippen molar-refractivity contribution in [2.45, 2.75) is 45.1 Å². The molecule has 0 bridgehead atoms. The zero-order valence-electron chi connectivity index (χ0n) is 9.47. The number of nitrogens with zero attached hydrogens (tertiary/aromatic N) is 1. The molecule has 2 unspecified atom stereocenters. The number of piperidine rings is 2. The molecule has 2 atom stereocenters. The van der Waals surface area contributed by atoms with Crippen LogP contribution in [0.25, 0.3) is 0 Å². The first kappa shape index (κ1) is 10.4. The van der Waals surface area contributed by atoms with Crippen LogP contribution in [-0.2, 0) is 0 Å². The number of hydrogen-bond acceptors (Lipinski definition) is 2. The smallest absolute Gasteiger partial charge is 0.00418 e. The maximum atomic E-state index is 3.53. The van der Waals surface area contributed by atoms with Gasteiger partial charge in [-0.1, -0.05) is 6.42 Å². The van der Waals surface area contributed by atoms with Crippen molar-refractivity contribution >= 4 is 0 Å². The molecule has 0 saturated carbocycles. The van der Waals surface area contributed by atoms with E-state index in [9.17, 15) is 0 Å². The van der Waals surface area contributed by atoms with Crippen LogP contribution in [0.15, 0.2) is 0 Å². The Hall–Kier alpha value is -0.0800. The molecule has 82 valence electrons. The van der Waals surface area contributed by atoms with E-state index >= 15 is 0 Å². The Morgan fingerprint density at radius 3 is 2.71 bits per heavy atom. The summed E-state index contributed by atoms with van der Waals surface area (Å²) in [4.78, 5) is 2.69. The van der Waals surface area contributed by atoms with Gasteiger partial charge in [0.15, 0.2) is 0 Å². The number of nitrogens with one attached hydrogen (secondary N) is 1. The Balaban J connectivity index is 1.72. The zero-order chi connectivity index (χ0) is 9.80. The molecule has 0 spiro atoms. The fourth-order valence-corrected chi connectivity index (χ4v) is 2.91. The van der Waals surface area contributed by atoms with E-state index in [0.717, 1.165) is 12.0 Å². The Morgan fingerprint density at radius 2 is 2.00 bits per heavy atom. The van der Waals surface area contributed by atoms with Crippen molar-refractivity contribution < 1.29 is 0 Å². The predicted molar refractivity (Wildman–Crippen MR) is 60.5 cm³/mol. The molecule has 2 aliphatic heterocycles. The van der Waals surface area contributed by atoms with Gasteiger partial charge in [0, 0.05) is 12.6 Å². The van der Waals surface area contributed by atoms with E-state index in [4.69, 9.17) is 0 Å². The maximum Gasteiger partial charge on any atom is 0.00418 e. The van der Waals surface area contributed by atoms with Crippen molar-refractivity contribution in [3.63, 3.8) is 0 Å². The minimum atomic E-state index is 0.749. The molecule has 0 aromatic carbocycles. The van der Waals surface area contributed by atoms with Gasteiger partial charge < -0.3 is 10.2 Å². The lowest BCUT2D eigenvalue weighted by atomic mass is 9.92. The Labute approximate surface area is 88.1 Å². The average molecular weight is 196 g/mol. The van der Waals surface area contributed by atoms with Crippen LogP contribution >= 0.6 is 0 Å². The quantitative estimate of drug-likeness (QED) is 0.725. The van der Waals surface area contributed by atoms with Crippen molar-refractivity contribution in [1.82, 2.24) is 10.2 Å². The number of hydrogen-bond donors (Lipinski definition) is 1. The normalized spacial score (nSPS) is 35.8. The third kappa shape index (κ3) is 2.96. The van der Waals surface area contributed by atoms with Crippen LogP contribution in [0, 0.1) is 5.92 Å². The van der Waals surface area contributed by atoms with Gasteiger partial charge in [-0.15, -0.1) is 0 Å². The summed E-state index contributed by atoms with van der Waals surface area (Å²) in [5.41, 5.74) is 0. The van der Waals surface area contributed by atoms with Crippen LogP contribution in [0.3, 0.4) is 0 Å². The van der Waals surface area contributed by atoms with Crippen molar-refractivity contribution in [3.8, 4) is 0 Å². The fraction of sp³-hybridized carbons (Fsp3) is 1.00. The molecule has 0 aliphatic carbocycles. The van der Waals surface area contributed by atoms with Gasteiger partial charge in [-0.25, -0.2) is 0 Å². The van der Waals surface area contributed by atoms with E-state index in [2.05, 4.69) is 17.1 Å². The molecule has 1 N–H and O–H groups in total. The van der Waals surface area contributed by atoms with Crippen molar-refractivity contribution in [1.29, 1.82) is 0 Å². The topological polar surface area (TPSA) is 15.3 Å². The van der Waals surface area contributed by atoms with Gasteiger partial charge in [0.05, 0.1) is 0 Å². The molecule has 0 aromatic heterocycles. The van der Waals surface area contributed by atoms with Crippen molar-refractivity contribution in [3.05, 3.63) is 0 Å². The molecule has 2 heterocycles. The molecule has 0 radical (unpaired) electrons. The summed E-state index contributed by atoms with van der Waals surface area (Å²) in [6.45, 7) is 7.64. The highest BCUT2D eigenvalue weighted by atomic mass is 15.1. The molecule has 2 saturated heterocycles. The average Bonchev–Trinajstić information content (AvgIpc) is 2.19. The van der Waals surface area contributed by atoms with Gasteiger partial charge in [-0.2, -0.15) is 0 Å². The number of rotatable bonds is 2. The van der Waals surface area contributed by atoms with Crippen LogP contribution in [0.2, 0.25) is 0 Å². The molecule has 0 amide bonds. The van der Waals surface area contributed by atoms with Crippen molar-refractivity contribution in [2.75, 3.05) is 26.2 Å². The third-order valence-electron chi connectivity index (χ3n) is 3.70. The molecule has 2 rings (SSSR count). The van der Waals surface area contributed by atoms with E-state index in [1.807, 2.05) is 0 Å². The van der Waals surface area contributed by atoms with E-state index in [-0.39, 0.29) is 0 Å². The van der Waals surface area contributed by atoms with E-state index in [1.54, 1.807) is 0 Å². The molecule has 2 fully saturated rings. The minimum Gasteiger partial charge on any atom is -0.314 e. The van der Waals surface area contributed by atoms with Gasteiger partial charge >= 0.3 is 0 Å². The Bertz CT molecular complexity index is 164. The van der Waals surface area contributed by atoms with Gasteiger partial charge in [0.25, 0.3) is 0 Å². The summed E-state index contributed by atoms with van der Waals surface area (Å²) in [6, 6.07) is 0.749. The van der Waals surface area contributed by atoms with E-state index in [0.29, 0.717) is 0 Å². The molecule has 0 aromatic rings. The van der Waals surface area contributed by atoms with E-state index in [1.165, 1.54) is 58.3 Å².